The maximum absolute atomic E-state index is 14.6. The van der Waals surface area contributed by atoms with E-state index in [1.54, 1.807) is 4.90 Å². The standard InChI is InChI=1S/C25H33F3N4O3/c1-13(2)30-21-11-15(23(33)31-20-9-10-32(14(3)4)24(20)34)5-7-17(21)22(29)18-12-16(35-25(27)28)6-8-19(18)26/h6,8,12-15,20,25H,5,7,9-11,29H2,1-4H3,(H,31,33)/t15-,20?/m1/s1. The highest BCUT2D eigenvalue weighted by Gasteiger charge is 2.37. The number of rotatable bonds is 7. The minimum absolute atomic E-state index is 0.0529. The summed E-state index contributed by atoms with van der Waals surface area (Å²) in [5.74, 6) is -1.59. The Hall–Kier alpha value is -3.04. The van der Waals surface area contributed by atoms with Crippen LogP contribution in [0, 0.1) is 11.7 Å². The normalized spacial score (nSPS) is 23.5. The molecule has 2 atom stereocenters. The van der Waals surface area contributed by atoms with Crippen LogP contribution < -0.4 is 15.8 Å². The van der Waals surface area contributed by atoms with Crippen LogP contribution in [0.1, 0.15) is 58.9 Å². The molecule has 0 radical (unpaired) electrons. The molecule has 7 nitrogen and oxygen atoms in total. The largest absolute Gasteiger partial charge is 0.435 e. The van der Waals surface area contributed by atoms with E-state index in [1.807, 2.05) is 27.7 Å². The average Bonchev–Trinajstić information content (AvgIpc) is 3.14. The minimum Gasteiger partial charge on any atom is -0.435 e. The van der Waals surface area contributed by atoms with Crippen molar-refractivity contribution in [2.75, 3.05) is 6.54 Å². The molecule has 0 bridgehead atoms. The van der Waals surface area contributed by atoms with Gasteiger partial charge in [0, 0.05) is 47.9 Å². The molecule has 1 aliphatic heterocycles. The number of nitrogens with one attached hydrogen (secondary N) is 1. The fraction of sp³-hybridized carbons (Fsp3) is 0.560. The molecular weight excluding hydrogens is 461 g/mol. The monoisotopic (exact) mass is 494 g/mol. The van der Waals surface area contributed by atoms with Gasteiger partial charge in [-0.2, -0.15) is 8.78 Å². The SMILES string of the molecule is CC(C)N=C1C[C@H](C(=O)NC2CCN(C(C)C)C2=O)CCC1=C(N)c1cc(OC(F)F)ccc1F. The molecule has 3 rings (SSSR count). The molecular formula is C25H33F3N4O3. The minimum atomic E-state index is -3.05. The Labute approximate surface area is 203 Å². The van der Waals surface area contributed by atoms with E-state index in [9.17, 15) is 22.8 Å². The number of benzene rings is 1. The molecule has 35 heavy (non-hydrogen) atoms. The third-order valence-electron chi connectivity index (χ3n) is 6.27. The molecule has 3 N–H and O–H groups in total. The summed E-state index contributed by atoms with van der Waals surface area (Å²) in [6.45, 7) is 5.19. The lowest BCUT2D eigenvalue weighted by molar-refractivity contribution is -0.134. The second-order valence-corrected chi connectivity index (χ2v) is 9.50. The first-order valence-corrected chi connectivity index (χ1v) is 11.9. The highest BCUT2D eigenvalue weighted by molar-refractivity contribution is 6.08. The van der Waals surface area contributed by atoms with Crippen LogP contribution in [-0.2, 0) is 9.59 Å². The molecule has 1 saturated carbocycles. The molecule has 2 amide bonds. The number of nitrogens with zero attached hydrogens (tertiary/aromatic N) is 2. The number of likely N-dealkylation sites (tertiary alicyclic amines) is 1. The highest BCUT2D eigenvalue weighted by atomic mass is 19.3. The van der Waals surface area contributed by atoms with Gasteiger partial charge in [-0.25, -0.2) is 4.39 Å². The second kappa shape index (κ2) is 11.1. The van der Waals surface area contributed by atoms with Gasteiger partial charge in [0.05, 0.1) is 0 Å². The number of aliphatic imine (C=N–C) groups is 1. The van der Waals surface area contributed by atoms with Gasteiger partial charge in [0.1, 0.15) is 17.6 Å². The second-order valence-electron chi connectivity index (χ2n) is 9.50. The van der Waals surface area contributed by atoms with Crippen molar-refractivity contribution in [1.82, 2.24) is 10.2 Å². The zero-order valence-electron chi connectivity index (χ0n) is 20.5. The van der Waals surface area contributed by atoms with Crippen molar-refractivity contribution in [3.63, 3.8) is 0 Å². The lowest BCUT2D eigenvalue weighted by Crippen LogP contribution is -2.46. The Morgan fingerprint density at radius 1 is 1.23 bits per heavy atom. The van der Waals surface area contributed by atoms with Gasteiger partial charge in [-0.1, -0.05) is 0 Å². The molecule has 192 valence electrons. The Kier molecular flexibility index (Phi) is 8.45. The number of halogens is 3. The topological polar surface area (TPSA) is 97.0 Å². The van der Waals surface area contributed by atoms with Gasteiger partial charge in [-0.15, -0.1) is 0 Å². The number of carbonyl (C=O) groups is 2. The quantitative estimate of drug-likeness (QED) is 0.601. The summed E-state index contributed by atoms with van der Waals surface area (Å²) < 4.78 is 44.2. The van der Waals surface area contributed by atoms with E-state index < -0.39 is 24.4 Å². The number of hydrogen-bond acceptors (Lipinski definition) is 5. The Morgan fingerprint density at radius 3 is 2.54 bits per heavy atom. The van der Waals surface area contributed by atoms with E-state index in [1.165, 1.54) is 0 Å². The molecule has 1 heterocycles. The van der Waals surface area contributed by atoms with E-state index in [2.05, 4.69) is 15.0 Å². The van der Waals surface area contributed by atoms with Gasteiger partial charge < -0.3 is 20.7 Å². The van der Waals surface area contributed by atoms with Crippen molar-refractivity contribution in [2.45, 2.75) is 78.1 Å². The predicted molar refractivity (Wildman–Crippen MR) is 127 cm³/mol. The Bertz CT molecular complexity index is 1020. The average molecular weight is 495 g/mol. The van der Waals surface area contributed by atoms with Crippen LogP contribution >= 0.6 is 0 Å². The summed E-state index contributed by atoms with van der Waals surface area (Å²) >= 11 is 0. The van der Waals surface area contributed by atoms with Gasteiger partial charge in [0.15, 0.2) is 0 Å². The summed E-state index contributed by atoms with van der Waals surface area (Å²) in [6.07, 6.45) is 1.63. The van der Waals surface area contributed by atoms with E-state index in [-0.39, 0.29) is 47.3 Å². The van der Waals surface area contributed by atoms with Crippen LogP contribution in [0.3, 0.4) is 0 Å². The fourth-order valence-corrected chi connectivity index (χ4v) is 4.57. The molecule has 10 heteroatoms. The van der Waals surface area contributed by atoms with E-state index in [0.29, 0.717) is 37.1 Å². The molecule has 0 aromatic heterocycles. The summed E-state index contributed by atoms with van der Waals surface area (Å²) in [5, 5.41) is 2.89. The number of hydrogen-bond donors (Lipinski definition) is 2. The molecule has 0 spiro atoms. The van der Waals surface area contributed by atoms with Crippen LogP contribution in [0.25, 0.3) is 5.70 Å². The zero-order valence-corrected chi connectivity index (χ0v) is 20.5. The predicted octanol–water partition coefficient (Wildman–Crippen LogP) is 3.87. The number of amides is 2. The fourth-order valence-electron chi connectivity index (χ4n) is 4.57. The molecule has 2 fully saturated rings. The zero-order chi connectivity index (χ0) is 25.9. The smallest absolute Gasteiger partial charge is 0.387 e. The summed E-state index contributed by atoms with van der Waals surface area (Å²) in [5.41, 5.74) is 7.50. The van der Waals surface area contributed by atoms with Crippen molar-refractivity contribution in [2.24, 2.45) is 16.6 Å². The number of nitrogens with two attached hydrogens (primary N) is 1. The summed E-state index contributed by atoms with van der Waals surface area (Å²) in [7, 11) is 0. The number of carbonyl (C=O) groups excluding carboxylic acids is 2. The van der Waals surface area contributed by atoms with Gasteiger partial charge >= 0.3 is 6.61 Å². The Balaban J connectivity index is 1.82. The molecule has 1 saturated heterocycles. The van der Waals surface area contributed by atoms with Gasteiger partial charge in [0.2, 0.25) is 11.8 Å². The van der Waals surface area contributed by atoms with Crippen LogP contribution in [0.15, 0.2) is 28.8 Å². The summed E-state index contributed by atoms with van der Waals surface area (Å²) in [6, 6.07) is 2.70. The van der Waals surface area contributed by atoms with Gasteiger partial charge in [0.25, 0.3) is 0 Å². The number of alkyl halides is 2. The third kappa shape index (κ3) is 6.35. The lowest BCUT2D eigenvalue weighted by atomic mass is 9.81. The highest BCUT2D eigenvalue weighted by Crippen LogP contribution is 2.33. The first kappa shape index (κ1) is 26.6. The maximum atomic E-state index is 14.6. The Morgan fingerprint density at radius 2 is 1.94 bits per heavy atom. The van der Waals surface area contributed by atoms with Crippen molar-refractivity contribution in [3.05, 3.63) is 35.2 Å². The van der Waals surface area contributed by atoms with Crippen molar-refractivity contribution >= 4 is 23.2 Å². The van der Waals surface area contributed by atoms with Crippen LogP contribution in [0.5, 0.6) is 5.75 Å². The van der Waals surface area contributed by atoms with Crippen LogP contribution in [0.4, 0.5) is 13.2 Å². The maximum Gasteiger partial charge on any atom is 0.387 e. The first-order valence-electron chi connectivity index (χ1n) is 11.9. The molecule has 1 aromatic carbocycles. The lowest BCUT2D eigenvalue weighted by Gasteiger charge is -2.28. The van der Waals surface area contributed by atoms with E-state index in [4.69, 9.17) is 5.73 Å². The van der Waals surface area contributed by atoms with E-state index >= 15 is 0 Å². The van der Waals surface area contributed by atoms with Gasteiger partial charge in [-0.05, 0) is 70.7 Å². The number of ether oxygens (including phenoxy) is 1. The third-order valence-corrected chi connectivity index (χ3v) is 6.27. The van der Waals surface area contributed by atoms with Gasteiger partial charge in [-0.3, -0.25) is 14.6 Å². The molecule has 1 aromatic rings. The molecule has 1 unspecified atom stereocenters. The van der Waals surface area contributed by atoms with Crippen molar-refractivity contribution < 1.29 is 27.5 Å². The molecule has 2 aliphatic rings. The first-order chi connectivity index (χ1) is 16.5. The van der Waals surface area contributed by atoms with Crippen LogP contribution in [-0.4, -0.2) is 53.7 Å². The molecule has 1 aliphatic carbocycles. The van der Waals surface area contributed by atoms with Crippen molar-refractivity contribution in [1.29, 1.82) is 0 Å². The number of allylic oxidation sites excluding steroid dienone is 1. The van der Waals surface area contributed by atoms with E-state index in [0.717, 1.165) is 18.2 Å². The summed E-state index contributed by atoms with van der Waals surface area (Å²) in [4.78, 5) is 32.0. The van der Waals surface area contributed by atoms with Crippen molar-refractivity contribution in [3.8, 4) is 5.75 Å². The van der Waals surface area contributed by atoms with Crippen LogP contribution in [0.2, 0.25) is 0 Å².